The zero-order chi connectivity index (χ0) is 13.9. The van der Waals surface area contributed by atoms with Gasteiger partial charge >= 0.3 is 0 Å². The smallest absolute Gasteiger partial charge is 0.130 e. The van der Waals surface area contributed by atoms with E-state index in [2.05, 4.69) is 48.5 Å². The van der Waals surface area contributed by atoms with E-state index >= 15 is 0 Å². The molecule has 0 aliphatic heterocycles. The summed E-state index contributed by atoms with van der Waals surface area (Å²) in [6.45, 7) is 1.67. The Balaban J connectivity index is 1.82. The molecule has 0 saturated heterocycles. The molecule has 0 heterocycles. The van der Waals surface area contributed by atoms with E-state index in [4.69, 9.17) is 0 Å². The molecule has 0 fully saturated rings. The molecule has 0 amide bonds. The van der Waals surface area contributed by atoms with Crippen molar-refractivity contribution in [2.24, 2.45) is 0 Å². The summed E-state index contributed by atoms with van der Waals surface area (Å²) in [5, 5.41) is 0. The van der Waals surface area contributed by atoms with Gasteiger partial charge in [0.25, 0.3) is 0 Å². The van der Waals surface area contributed by atoms with Crippen LogP contribution in [0.3, 0.4) is 0 Å². The van der Waals surface area contributed by atoms with Crippen LogP contribution in [0, 0.1) is 0 Å². The van der Waals surface area contributed by atoms with Crippen molar-refractivity contribution in [2.45, 2.75) is 19.3 Å². The number of rotatable bonds is 5. The maximum Gasteiger partial charge on any atom is 0.130 e. The van der Waals surface area contributed by atoms with Crippen LogP contribution in [-0.4, -0.2) is 17.3 Å². The highest BCUT2D eigenvalue weighted by molar-refractivity contribution is 7.99. The lowest BCUT2D eigenvalue weighted by Gasteiger charge is -2.12. The normalized spacial score (nSPS) is 13.1. The van der Waals surface area contributed by atoms with Crippen molar-refractivity contribution >= 4 is 17.5 Å². The van der Waals surface area contributed by atoms with E-state index in [1.54, 1.807) is 6.92 Å². The number of ketones is 1. The summed E-state index contributed by atoms with van der Waals surface area (Å²) in [7, 11) is 0. The average Bonchev–Trinajstić information content (AvgIpc) is 2.78. The molecule has 1 nitrogen and oxygen atoms in total. The number of fused-ring (bicyclic) bond motifs is 3. The third-order valence-electron chi connectivity index (χ3n) is 3.85. The maximum absolute atomic E-state index is 11.0. The van der Waals surface area contributed by atoms with Gasteiger partial charge in [-0.25, -0.2) is 0 Å². The third-order valence-corrected chi connectivity index (χ3v) is 4.91. The molecule has 2 heteroatoms. The highest BCUT2D eigenvalue weighted by atomic mass is 32.2. The fraction of sp³-hybridized carbons (Fsp3) is 0.278. The average molecular weight is 282 g/mol. The van der Waals surface area contributed by atoms with Gasteiger partial charge in [-0.15, -0.1) is 0 Å². The molecule has 0 N–H and O–H groups in total. The molecule has 0 atom stereocenters. The lowest BCUT2D eigenvalue weighted by molar-refractivity contribution is -0.116. The lowest BCUT2D eigenvalue weighted by atomic mass is 9.99. The fourth-order valence-electron chi connectivity index (χ4n) is 2.86. The zero-order valence-corrected chi connectivity index (χ0v) is 12.5. The number of thioether (sulfide) groups is 1. The molecule has 0 bridgehead atoms. The Labute approximate surface area is 124 Å². The quantitative estimate of drug-likeness (QED) is 0.750. The minimum atomic E-state index is 0.282. The van der Waals surface area contributed by atoms with Crippen LogP contribution in [0.4, 0.5) is 0 Å². The summed E-state index contributed by atoms with van der Waals surface area (Å²) < 4.78 is 0. The number of Topliss-reactive ketones (excluding diaryl/α,β-unsaturated/α-hetero) is 1. The Kier molecular flexibility index (Phi) is 3.93. The summed E-state index contributed by atoms with van der Waals surface area (Å²) in [6.07, 6.45) is 0.681. The summed E-state index contributed by atoms with van der Waals surface area (Å²) in [5.74, 6) is 2.74. The molecular formula is C18H18OS. The Bertz CT molecular complexity index is 587. The second-order valence-corrected chi connectivity index (χ2v) is 6.40. The van der Waals surface area contributed by atoms with Crippen LogP contribution >= 0.6 is 11.8 Å². The molecule has 0 saturated carbocycles. The fourth-order valence-corrected chi connectivity index (χ4v) is 4.05. The molecule has 20 heavy (non-hydrogen) atoms. The van der Waals surface area contributed by atoms with E-state index in [-0.39, 0.29) is 5.78 Å². The molecule has 3 rings (SSSR count). The Morgan fingerprint density at radius 3 is 2.10 bits per heavy atom. The highest BCUT2D eigenvalue weighted by Gasteiger charge is 2.27. The van der Waals surface area contributed by atoms with Crippen LogP contribution in [0.25, 0.3) is 11.1 Å². The van der Waals surface area contributed by atoms with Crippen molar-refractivity contribution in [3.8, 4) is 11.1 Å². The van der Waals surface area contributed by atoms with Gasteiger partial charge in [-0.1, -0.05) is 48.5 Å². The maximum atomic E-state index is 11.0. The van der Waals surface area contributed by atoms with E-state index in [9.17, 15) is 4.79 Å². The predicted molar refractivity (Wildman–Crippen MR) is 86.3 cm³/mol. The number of hydrogen-bond donors (Lipinski definition) is 0. The molecule has 2 aromatic carbocycles. The molecule has 102 valence electrons. The Hall–Kier alpha value is -1.54. The van der Waals surface area contributed by atoms with Crippen molar-refractivity contribution in [2.75, 3.05) is 11.5 Å². The molecule has 1 aliphatic carbocycles. The second kappa shape index (κ2) is 5.84. The van der Waals surface area contributed by atoms with Gasteiger partial charge in [0.15, 0.2) is 0 Å². The van der Waals surface area contributed by atoms with Crippen molar-refractivity contribution in [1.29, 1.82) is 0 Å². The molecule has 0 spiro atoms. The van der Waals surface area contributed by atoms with Crippen LogP contribution in [-0.2, 0) is 4.79 Å². The molecule has 0 radical (unpaired) electrons. The van der Waals surface area contributed by atoms with Gasteiger partial charge in [0, 0.05) is 23.8 Å². The SMILES string of the molecule is CC(=O)CCSCC1c2ccccc2-c2ccccc21. The summed E-state index contributed by atoms with van der Waals surface area (Å²) >= 11 is 1.89. The van der Waals surface area contributed by atoms with Crippen molar-refractivity contribution in [3.05, 3.63) is 59.7 Å². The van der Waals surface area contributed by atoms with Crippen molar-refractivity contribution in [1.82, 2.24) is 0 Å². The van der Waals surface area contributed by atoms with Gasteiger partial charge in [0.2, 0.25) is 0 Å². The predicted octanol–water partition coefficient (Wildman–Crippen LogP) is 4.51. The summed E-state index contributed by atoms with van der Waals surface area (Å²) in [5.41, 5.74) is 5.62. The molecule has 1 aliphatic rings. The monoisotopic (exact) mass is 282 g/mol. The van der Waals surface area contributed by atoms with Crippen LogP contribution < -0.4 is 0 Å². The van der Waals surface area contributed by atoms with Crippen LogP contribution in [0.5, 0.6) is 0 Å². The standard InChI is InChI=1S/C18H18OS/c1-13(19)10-11-20-12-18-16-8-4-2-6-14(16)15-7-3-5-9-17(15)18/h2-9,18H,10-12H2,1H3. The lowest BCUT2D eigenvalue weighted by Crippen LogP contribution is -2.02. The topological polar surface area (TPSA) is 17.1 Å². The first-order chi connectivity index (χ1) is 9.77. The second-order valence-electron chi connectivity index (χ2n) is 5.25. The zero-order valence-electron chi connectivity index (χ0n) is 11.6. The molecule has 0 aromatic heterocycles. The number of carbonyl (C=O) groups is 1. The highest BCUT2D eigenvalue weighted by Crippen LogP contribution is 2.45. The first-order valence-corrected chi connectivity index (χ1v) is 8.18. The van der Waals surface area contributed by atoms with Crippen LogP contribution in [0.2, 0.25) is 0 Å². The molecule has 0 unspecified atom stereocenters. The van der Waals surface area contributed by atoms with E-state index in [0.717, 1.165) is 11.5 Å². The number of carbonyl (C=O) groups excluding carboxylic acids is 1. The largest absolute Gasteiger partial charge is 0.300 e. The van der Waals surface area contributed by atoms with Gasteiger partial charge in [-0.2, -0.15) is 11.8 Å². The molecular weight excluding hydrogens is 264 g/mol. The van der Waals surface area contributed by atoms with E-state index in [0.29, 0.717) is 12.3 Å². The van der Waals surface area contributed by atoms with Gasteiger partial charge in [0.1, 0.15) is 5.78 Å². The summed E-state index contributed by atoms with van der Waals surface area (Å²) in [4.78, 5) is 11.0. The van der Waals surface area contributed by atoms with Gasteiger partial charge in [0.05, 0.1) is 0 Å². The minimum absolute atomic E-state index is 0.282. The van der Waals surface area contributed by atoms with E-state index in [1.165, 1.54) is 22.3 Å². The van der Waals surface area contributed by atoms with Gasteiger partial charge in [-0.05, 0) is 29.2 Å². The first kappa shape index (κ1) is 13.4. The van der Waals surface area contributed by atoms with Crippen molar-refractivity contribution in [3.63, 3.8) is 0 Å². The van der Waals surface area contributed by atoms with E-state index in [1.807, 2.05) is 11.8 Å². The molecule has 2 aromatic rings. The Morgan fingerprint density at radius 2 is 1.55 bits per heavy atom. The number of hydrogen-bond acceptors (Lipinski definition) is 2. The summed E-state index contributed by atoms with van der Waals surface area (Å²) in [6, 6.07) is 17.4. The van der Waals surface area contributed by atoms with Crippen molar-refractivity contribution < 1.29 is 4.79 Å². The van der Waals surface area contributed by atoms with E-state index < -0.39 is 0 Å². The van der Waals surface area contributed by atoms with Gasteiger partial charge < -0.3 is 0 Å². The number of benzene rings is 2. The Morgan fingerprint density at radius 1 is 1.00 bits per heavy atom. The van der Waals surface area contributed by atoms with Crippen LogP contribution in [0.1, 0.15) is 30.4 Å². The minimum Gasteiger partial charge on any atom is -0.300 e. The van der Waals surface area contributed by atoms with Gasteiger partial charge in [-0.3, -0.25) is 4.79 Å². The first-order valence-electron chi connectivity index (χ1n) is 7.03. The van der Waals surface area contributed by atoms with Crippen LogP contribution in [0.15, 0.2) is 48.5 Å². The third kappa shape index (κ3) is 2.53.